The number of carbonyl (C=O) groups excluding carboxylic acids is 1. The maximum absolute atomic E-state index is 12.4. The third-order valence-corrected chi connectivity index (χ3v) is 4.89. The van der Waals surface area contributed by atoms with Crippen LogP contribution in [0.2, 0.25) is 0 Å². The fourth-order valence-electron chi connectivity index (χ4n) is 3.11. The van der Waals surface area contributed by atoms with Crippen LogP contribution in [-0.2, 0) is 17.8 Å². The number of nitrogens with zero attached hydrogens (tertiary/aromatic N) is 4. The van der Waals surface area contributed by atoms with E-state index < -0.39 is 0 Å². The molecule has 2 aromatic rings. The van der Waals surface area contributed by atoms with Crippen molar-refractivity contribution in [2.75, 3.05) is 13.1 Å². The summed E-state index contributed by atoms with van der Waals surface area (Å²) in [6, 6.07) is 8.25. The molecule has 1 aliphatic heterocycles. The van der Waals surface area contributed by atoms with Crippen molar-refractivity contribution in [3.63, 3.8) is 0 Å². The lowest BCUT2D eigenvalue weighted by Crippen LogP contribution is -2.53. The highest BCUT2D eigenvalue weighted by atomic mass is 16.2. The van der Waals surface area contributed by atoms with Crippen molar-refractivity contribution in [2.24, 2.45) is 0 Å². The van der Waals surface area contributed by atoms with Gasteiger partial charge in [-0.15, -0.1) is 0 Å². The maximum Gasteiger partial charge on any atom is 0.244 e. The molecule has 128 valence electrons. The number of amides is 1. The molecule has 0 unspecified atom stereocenters. The highest BCUT2D eigenvalue weighted by Gasteiger charge is 2.30. The van der Waals surface area contributed by atoms with Crippen molar-refractivity contribution < 1.29 is 4.79 Å². The summed E-state index contributed by atoms with van der Waals surface area (Å²) in [6.45, 7) is 8.74. The molecule has 0 bridgehead atoms. The molecule has 1 atom stereocenters. The molecule has 0 aliphatic carbocycles. The number of hydrogen-bond donors (Lipinski definition) is 1. The molecule has 0 fully saturated rings. The molecule has 1 aromatic heterocycles. The lowest BCUT2D eigenvalue weighted by atomic mass is 9.94. The molecular weight excluding hydrogens is 302 g/mol. The minimum absolute atomic E-state index is 0.0361. The van der Waals surface area contributed by atoms with Crippen LogP contribution in [0, 0.1) is 0 Å². The normalized spacial score (nSPS) is 16.5. The van der Waals surface area contributed by atoms with Crippen LogP contribution in [-0.4, -0.2) is 44.2 Å². The van der Waals surface area contributed by atoms with Crippen molar-refractivity contribution in [3.05, 3.63) is 48.0 Å². The van der Waals surface area contributed by atoms with Crippen molar-refractivity contribution in [1.29, 1.82) is 0 Å². The number of nitrogens with one attached hydrogen (secondary N) is 1. The van der Waals surface area contributed by atoms with Crippen LogP contribution in [0.25, 0.3) is 0 Å². The second-order valence-electron chi connectivity index (χ2n) is 7.02. The largest absolute Gasteiger partial charge is 0.352 e. The van der Waals surface area contributed by atoms with Crippen molar-refractivity contribution in [2.45, 2.75) is 45.3 Å². The van der Waals surface area contributed by atoms with Gasteiger partial charge in [-0.05, 0) is 38.3 Å². The van der Waals surface area contributed by atoms with Gasteiger partial charge in [0.15, 0.2) is 0 Å². The van der Waals surface area contributed by atoms with E-state index in [1.54, 1.807) is 11.0 Å². The summed E-state index contributed by atoms with van der Waals surface area (Å²) in [5.41, 5.74) is 2.72. The molecule has 24 heavy (non-hydrogen) atoms. The zero-order chi connectivity index (χ0) is 17.2. The summed E-state index contributed by atoms with van der Waals surface area (Å²) in [7, 11) is 0. The summed E-state index contributed by atoms with van der Waals surface area (Å²) in [5, 5.41) is 7.09. The Hall–Kier alpha value is -2.21. The van der Waals surface area contributed by atoms with E-state index in [2.05, 4.69) is 58.4 Å². The van der Waals surface area contributed by atoms with E-state index >= 15 is 0 Å². The first-order chi connectivity index (χ1) is 11.5. The number of rotatable bonds is 5. The number of aromatic nitrogens is 3. The van der Waals surface area contributed by atoms with E-state index in [-0.39, 0.29) is 17.5 Å². The average molecular weight is 327 g/mol. The van der Waals surface area contributed by atoms with E-state index in [1.165, 1.54) is 17.5 Å². The second kappa shape index (κ2) is 6.73. The number of carbonyl (C=O) groups is 1. The van der Waals surface area contributed by atoms with Gasteiger partial charge >= 0.3 is 0 Å². The highest BCUT2D eigenvalue weighted by molar-refractivity contribution is 5.79. The summed E-state index contributed by atoms with van der Waals surface area (Å²) in [6.07, 6.45) is 4.07. The number of hydrogen-bond acceptors (Lipinski definition) is 4. The summed E-state index contributed by atoms with van der Waals surface area (Å²) in [4.78, 5) is 18.7. The van der Waals surface area contributed by atoms with E-state index in [0.29, 0.717) is 6.54 Å². The fraction of sp³-hybridized carbons (Fsp3) is 0.500. The molecule has 6 nitrogen and oxygen atoms in total. The first-order valence-electron chi connectivity index (χ1n) is 8.41. The smallest absolute Gasteiger partial charge is 0.244 e. The predicted molar refractivity (Wildman–Crippen MR) is 92.4 cm³/mol. The third kappa shape index (κ3) is 3.48. The molecule has 6 heteroatoms. The molecule has 1 aromatic carbocycles. The van der Waals surface area contributed by atoms with E-state index in [9.17, 15) is 4.79 Å². The highest BCUT2D eigenvalue weighted by Crippen LogP contribution is 2.25. The van der Waals surface area contributed by atoms with Crippen LogP contribution in [0.3, 0.4) is 0 Å². The van der Waals surface area contributed by atoms with Crippen molar-refractivity contribution in [3.8, 4) is 0 Å². The van der Waals surface area contributed by atoms with E-state index in [1.807, 2.05) is 6.92 Å². The van der Waals surface area contributed by atoms with E-state index in [4.69, 9.17) is 0 Å². The molecule has 3 rings (SSSR count). The second-order valence-corrected chi connectivity index (χ2v) is 7.02. The number of benzene rings is 1. The SMILES string of the molecule is C[C@@H](C(=O)NCC(C)(C)N1CCc2ccccc2C1)n1cncn1. The van der Waals surface area contributed by atoms with Crippen LogP contribution in [0.4, 0.5) is 0 Å². The Morgan fingerprint density at radius 3 is 2.79 bits per heavy atom. The molecule has 0 radical (unpaired) electrons. The molecule has 1 N–H and O–H groups in total. The third-order valence-electron chi connectivity index (χ3n) is 4.89. The van der Waals surface area contributed by atoms with Gasteiger partial charge < -0.3 is 5.32 Å². The summed E-state index contributed by atoms with van der Waals surface area (Å²) < 4.78 is 1.57. The maximum atomic E-state index is 12.4. The van der Waals surface area contributed by atoms with E-state index in [0.717, 1.165) is 19.5 Å². The van der Waals surface area contributed by atoms with Gasteiger partial charge in [-0.1, -0.05) is 24.3 Å². The van der Waals surface area contributed by atoms with Crippen LogP contribution in [0.1, 0.15) is 37.9 Å². The van der Waals surface area contributed by atoms with Gasteiger partial charge in [0.1, 0.15) is 18.7 Å². The van der Waals surface area contributed by atoms with Crippen molar-refractivity contribution in [1.82, 2.24) is 25.0 Å². The molecule has 1 aliphatic rings. The quantitative estimate of drug-likeness (QED) is 0.909. The number of fused-ring (bicyclic) bond motifs is 1. The average Bonchev–Trinajstić information content (AvgIpc) is 3.13. The van der Waals surface area contributed by atoms with Gasteiger partial charge in [0.25, 0.3) is 0 Å². The van der Waals surface area contributed by atoms with Crippen LogP contribution < -0.4 is 5.32 Å². The molecule has 2 heterocycles. The predicted octanol–water partition coefficient (Wildman–Crippen LogP) is 1.79. The minimum Gasteiger partial charge on any atom is -0.352 e. The first-order valence-corrected chi connectivity index (χ1v) is 8.41. The molecule has 0 saturated carbocycles. The van der Waals surface area contributed by atoms with Gasteiger partial charge in [-0.3, -0.25) is 9.69 Å². The lowest BCUT2D eigenvalue weighted by molar-refractivity contribution is -0.124. The van der Waals surface area contributed by atoms with Gasteiger partial charge in [0, 0.05) is 25.2 Å². The standard InChI is InChI=1S/C18H25N5O/c1-14(23-13-19-12-21-23)17(24)20-11-18(2,3)22-9-8-15-6-4-5-7-16(15)10-22/h4-7,12-14H,8-11H2,1-3H3,(H,20,24)/t14-/m0/s1. The lowest BCUT2D eigenvalue weighted by Gasteiger charge is -2.41. The molecule has 0 spiro atoms. The topological polar surface area (TPSA) is 63.1 Å². The Kier molecular flexibility index (Phi) is 4.66. The summed E-state index contributed by atoms with van der Waals surface area (Å²) >= 11 is 0. The fourth-order valence-corrected chi connectivity index (χ4v) is 3.11. The van der Waals surface area contributed by atoms with Crippen LogP contribution in [0.15, 0.2) is 36.9 Å². The summed E-state index contributed by atoms with van der Waals surface area (Å²) in [5.74, 6) is -0.0361. The Balaban J connectivity index is 1.59. The first kappa shape index (κ1) is 16.6. The Morgan fingerprint density at radius 1 is 1.33 bits per heavy atom. The monoisotopic (exact) mass is 327 g/mol. The van der Waals surface area contributed by atoms with Gasteiger partial charge in [-0.25, -0.2) is 9.67 Å². The molecule has 0 saturated heterocycles. The molecule has 1 amide bonds. The van der Waals surface area contributed by atoms with Gasteiger partial charge in [-0.2, -0.15) is 5.10 Å². The Labute approximate surface area is 142 Å². The molecular formula is C18H25N5O. The van der Waals surface area contributed by atoms with Crippen molar-refractivity contribution >= 4 is 5.91 Å². The minimum atomic E-state index is -0.356. The Bertz CT molecular complexity index is 695. The van der Waals surface area contributed by atoms with Crippen LogP contribution >= 0.6 is 0 Å². The Morgan fingerprint density at radius 2 is 2.08 bits per heavy atom. The zero-order valence-corrected chi connectivity index (χ0v) is 14.6. The van der Waals surface area contributed by atoms with Gasteiger partial charge in [0.05, 0.1) is 0 Å². The van der Waals surface area contributed by atoms with Gasteiger partial charge in [0.2, 0.25) is 5.91 Å². The zero-order valence-electron chi connectivity index (χ0n) is 14.6. The van der Waals surface area contributed by atoms with Crippen LogP contribution in [0.5, 0.6) is 0 Å².